The summed E-state index contributed by atoms with van der Waals surface area (Å²) < 4.78 is 11.4. The molecule has 0 aliphatic carbocycles. The molecule has 0 aliphatic rings. The standard InChI is InChI=1S/C22H22O3/c1-4-6-18-13-21(23)25-22-15(3)20(12-11-19(18)22)24-14-17-9-7-16(5-2)8-10-17/h5,7-13H,2,4,6,14H2,1,3H3. The monoisotopic (exact) mass is 334 g/mol. The van der Waals surface area contributed by atoms with E-state index in [-0.39, 0.29) is 5.63 Å². The molecular formula is C22H22O3. The van der Waals surface area contributed by atoms with Crippen molar-refractivity contribution in [3.05, 3.63) is 81.7 Å². The van der Waals surface area contributed by atoms with Crippen LogP contribution in [-0.2, 0) is 13.0 Å². The van der Waals surface area contributed by atoms with Gasteiger partial charge in [-0.25, -0.2) is 4.79 Å². The molecule has 0 aliphatic heterocycles. The number of rotatable bonds is 6. The van der Waals surface area contributed by atoms with Gasteiger partial charge in [-0.15, -0.1) is 0 Å². The maximum Gasteiger partial charge on any atom is 0.336 e. The van der Waals surface area contributed by atoms with E-state index in [1.807, 2.05) is 49.4 Å². The van der Waals surface area contributed by atoms with Gasteiger partial charge in [-0.3, -0.25) is 0 Å². The molecule has 3 rings (SSSR count). The van der Waals surface area contributed by atoms with Crippen molar-refractivity contribution in [3.63, 3.8) is 0 Å². The van der Waals surface area contributed by atoms with Crippen molar-refractivity contribution in [3.8, 4) is 5.75 Å². The summed E-state index contributed by atoms with van der Waals surface area (Å²) >= 11 is 0. The second kappa shape index (κ2) is 7.39. The molecule has 0 unspecified atom stereocenters. The molecule has 2 aromatic carbocycles. The quantitative estimate of drug-likeness (QED) is 0.576. The third-order valence-corrected chi connectivity index (χ3v) is 4.33. The normalized spacial score (nSPS) is 10.8. The lowest BCUT2D eigenvalue weighted by Crippen LogP contribution is -2.03. The van der Waals surface area contributed by atoms with Crippen LogP contribution < -0.4 is 10.4 Å². The first-order chi connectivity index (χ1) is 12.1. The Kier molecular flexibility index (Phi) is 5.03. The van der Waals surface area contributed by atoms with Crippen LogP contribution in [0.15, 0.2) is 58.3 Å². The summed E-state index contributed by atoms with van der Waals surface area (Å²) in [6.45, 7) is 8.24. The molecule has 3 nitrogen and oxygen atoms in total. The molecule has 0 atom stereocenters. The van der Waals surface area contributed by atoms with E-state index in [2.05, 4.69) is 13.5 Å². The summed E-state index contributed by atoms with van der Waals surface area (Å²) in [5.74, 6) is 0.733. The average molecular weight is 334 g/mol. The van der Waals surface area contributed by atoms with E-state index >= 15 is 0 Å². The van der Waals surface area contributed by atoms with Crippen LogP contribution in [0.5, 0.6) is 5.75 Å². The largest absolute Gasteiger partial charge is 0.488 e. The molecule has 1 heterocycles. The van der Waals surface area contributed by atoms with Gasteiger partial charge in [0.05, 0.1) is 0 Å². The van der Waals surface area contributed by atoms with Gasteiger partial charge in [-0.05, 0) is 42.2 Å². The molecule has 0 spiro atoms. The van der Waals surface area contributed by atoms with Gasteiger partial charge in [-0.1, -0.05) is 50.3 Å². The molecule has 0 bridgehead atoms. The SMILES string of the molecule is C=Cc1ccc(COc2ccc3c(CCC)cc(=O)oc3c2C)cc1. The van der Waals surface area contributed by atoms with E-state index in [1.165, 1.54) is 0 Å². The van der Waals surface area contributed by atoms with E-state index in [4.69, 9.17) is 9.15 Å². The molecule has 0 fully saturated rings. The van der Waals surface area contributed by atoms with Crippen LogP contribution >= 0.6 is 0 Å². The average Bonchev–Trinajstić information content (AvgIpc) is 2.62. The molecule has 0 saturated carbocycles. The van der Waals surface area contributed by atoms with Crippen LogP contribution in [0, 0.1) is 6.92 Å². The fourth-order valence-electron chi connectivity index (χ4n) is 2.95. The van der Waals surface area contributed by atoms with Gasteiger partial charge in [0.25, 0.3) is 0 Å². The Morgan fingerprint density at radius 3 is 2.60 bits per heavy atom. The van der Waals surface area contributed by atoms with Gasteiger partial charge in [0, 0.05) is 17.0 Å². The molecule has 1 aromatic heterocycles. The minimum atomic E-state index is -0.309. The van der Waals surface area contributed by atoms with Crippen molar-refractivity contribution in [1.29, 1.82) is 0 Å². The van der Waals surface area contributed by atoms with E-state index in [0.717, 1.165) is 46.2 Å². The highest BCUT2D eigenvalue weighted by molar-refractivity contribution is 5.85. The minimum Gasteiger partial charge on any atom is -0.488 e. The smallest absolute Gasteiger partial charge is 0.336 e. The molecule has 3 heteroatoms. The van der Waals surface area contributed by atoms with Crippen LogP contribution in [-0.4, -0.2) is 0 Å². The predicted octanol–water partition coefficient (Wildman–Crippen LogP) is 5.28. The number of benzene rings is 2. The summed E-state index contributed by atoms with van der Waals surface area (Å²) in [5, 5.41) is 0.988. The molecule has 0 N–H and O–H groups in total. The summed E-state index contributed by atoms with van der Waals surface area (Å²) in [5.41, 5.74) is 4.35. The molecule has 3 aromatic rings. The number of ether oxygens (including phenoxy) is 1. The molecule has 0 saturated heterocycles. The highest BCUT2D eigenvalue weighted by Gasteiger charge is 2.11. The van der Waals surface area contributed by atoms with Crippen molar-refractivity contribution < 1.29 is 9.15 Å². The lowest BCUT2D eigenvalue weighted by atomic mass is 10.0. The van der Waals surface area contributed by atoms with Crippen LogP contribution in [0.25, 0.3) is 17.0 Å². The van der Waals surface area contributed by atoms with E-state index in [9.17, 15) is 4.79 Å². The zero-order valence-electron chi connectivity index (χ0n) is 14.7. The second-order valence-corrected chi connectivity index (χ2v) is 6.14. The Hall–Kier alpha value is -2.81. The molecule has 0 radical (unpaired) electrons. The van der Waals surface area contributed by atoms with Gasteiger partial charge in [0.15, 0.2) is 0 Å². The van der Waals surface area contributed by atoms with Crippen LogP contribution in [0.1, 0.15) is 35.6 Å². The van der Waals surface area contributed by atoms with Gasteiger partial charge < -0.3 is 9.15 Å². The number of hydrogen-bond donors (Lipinski definition) is 0. The van der Waals surface area contributed by atoms with Gasteiger partial charge in [0.2, 0.25) is 0 Å². The fraction of sp³-hybridized carbons (Fsp3) is 0.227. The maximum atomic E-state index is 11.9. The predicted molar refractivity (Wildman–Crippen MR) is 102 cm³/mol. The minimum absolute atomic E-state index is 0.309. The molecule has 0 amide bonds. The lowest BCUT2D eigenvalue weighted by molar-refractivity contribution is 0.304. The first-order valence-electron chi connectivity index (χ1n) is 8.53. The van der Waals surface area contributed by atoms with Crippen molar-refractivity contribution in [2.24, 2.45) is 0 Å². The Balaban J connectivity index is 1.90. The third kappa shape index (κ3) is 3.66. The summed E-state index contributed by atoms with van der Waals surface area (Å²) in [7, 11) is 0. The first-order valence-corrected chi connectivity index (χ1v) is 8.53. The lowest BCUT2D eigenvalue weighted by Gasteiger charge is -2.12. The first kappa shape index (κ1) is 17.0. The van der Waals surface area contributed by atoms with E-state index < -0.39 is 0 Å². The van der Waals surface area contributed by atoms with Crippen LogP contribution in [0.2, 0.25) is 0 Å². The molecule has 128 valence electrons. The third-order valence-electron chi connectivity index (χ3n) is 4.33. The topological polar surface area (TPSA) is 39.4 Å². The van der Waals surface area contributed by atoms with Gasteiger partial charge >= 0.3 is 5.63 Å². The van der Waals surface area contributed by atoms with Crippen molar-refractivity contribution in [2.75, 3.05) is 0 Å². The fourth-order valence-corrected chi connectivity index (χ4v) is 2.95. The van der Waals surface area contributed by atoms with Crippen molar-refractivity contribution in [1.82, 2.24) is 0 Å². The van der Waals surface area contributed by atoms with E-state index in [0.29, 0.717) is 12.2 Å². The number of aryl methyl sites for hydroxylation is 2. The maximum absolute atomic E-state index is 11.9. The van der Waals surface area contributed by atoms with Gasteiger partial charge in [-0.2, -0.15) is 0 Å². The Morgan fingerprint density at radius 2 is 1.92 bits per heavy atom. The highest BCUT2D eigenvalue weighted by Crippen LogP contribution is 2.29. The van der Waals surface area contributed by atoms with Gasteiger partial charge in [0.1, 0.15) is 17.9 Å². The molecule has 25 heavy (non-hydrogen) atoms. The Labute approximate surface area is 147 Å². The van der Waals surface area contributed by atoms with Crippen molar-refractivity contribution in [2.45, 2.75) is 33.3 Å². The summed E-state index contributed by atoms with van der Waals surface area (Å²) in [6, 6.07) is 13.6. The Bertz CT molecular complexity index is 949. The Morgan fingerprint density at radius 1 is 1.16 bits per heavy atom. The summed E-state index contributed by atoms with van der Waals surface area (Å²) in [6.07, 6.45) is 3.65. The second-order valence-electron chi connectivity index (χ2n) is 6.14. The van der Waals surface area contributed by atoms with Crippen molar-refractivity contribution >= 4 is 17.0 Å². The number of hydrogen-bond acceptors (Lipinski definition) is 3. The highest BCUT2D eigenvalue weighted by atomic mass is 16.5. The summed E-state index contributed by atoms with van der Waals surface area (Å²) in [4.78, 5) is 11.9. The number of fused-ring (bicyclic) bond motifs is 1. The zero-order valence-corrected chi connectivity index (χ0v) is 14.7. The van der Waals surface area contributed by atoms with E-state index in [1.54, 1.807) is 6.07 Å². The zero-order chi connectivity index (χ0) is 17.8. The van der Waals surface area contributed by atoms with Crippen LogP contribution in [0.3, 0.4) is 0 Å². The van der Waals surface area contributed by atoms with Crippen LogP contribution in [0.4, 0.5) is 0 Å². The molecular weight excluding hydrogens is 312 g/mol.